The Hall–Kier alpha value is -2.11. The fourth-order valence-corrected chi connectivity index (χ4v) is 3.53. The topological polar surface area (TPSA) is 41.5 Å². The number of methoxy groups -OCH3 is 1. The summed E-state index contributed by atoms with van der Waals surface area (Å²) in [7, 11) is 1.69. The molecule has 1 aliphatic heterocycles. The lowest BCUT2D eigenvalue weighted by atomic mass is 10.1. The lowest BCUT2D eigenvalue weighted by Crippen LogP contribution is -3.27. The Balaban J connectivity index is 1.52. The maximum absolute atomic E-state index is 5.70. The first kappa shape index (κ1) is 17.7. The molecule has 134 valence electrons. The van der Waals surface area contributed by atoms with Gasteiger partial charge in [-0.3, -0.25) is 0 Å². The summed E-state index contributed by atoms with van der Waals surface area (Å²) in [5.74, 6) is 1.67. The SMILES string of the molecule is CCOc1cc(C[NH+]2CC[NH+](Cc3cc[nH+]cc3)CC2)ccc1OC. The van der Waals surface area contributed by atoms with Crippen molar-refractivity contribution in [3.05, 3.63) is 53.9 Å². The van der Waals surface area contributed by atoms with Crippen LogP contribution in [0.3, 0.4) is 0 Å². The van der Waals surface area contributed by atoms with Gasteiger partial charge in [-0.15, -0.1) is 0 Å². The lowest BCUT2D eigenvalue weighted by molar-refractivity contribution is -1.02. The number of quaternary nitrogens is 2. The fraction of sp³-hybridized carbons (Fsp3) is 0.450. The van der Waals surface area contributed by atoms with Gasteiger partial charge in [0.2, 0.25) is 0 Å². The number of nitrogens with one attached hydrogen (secondary N) is 3. The van der Waals surface area contributed by atoms with Crippen LogP contribution in [-0.4, -0.2) is 39.9 Å². The normalized spacial score (nSPS) is 20.2. The second kappa shape index (κ2) is 8.83. The molecule has 5 heteroatoms. The van der Waals surface area contributed by atoms with Gasteiger partial charge in [0.1, 0.15) is 39.3 Å². The first-order valence-electron chi connectivity index (χ1n) is 9.20. The van der Waals surface area contributed by atoms with Crippen molar-refractivity contribution in [2.75, 3.05) is 39.9 Å². The summed E-state index contributed by atoms with van der Waals surface area (Å²) in [5, 5.41) is 0. The van der Waals surface area contributed by atoms with Crippen molar-refractivity contribution in [3.8, 4) is 11.5 Å². The average Bonchev–Trinajstić information content (AvgIpc) is 2.65. The maximum atomic E-state index is 5.70. The molecule has 1 aromatic heterocycles. The molecule has 0 spiro atoms. The zero-order chi connectivity index (χ0) is 17.5. The van der Waals surface area contributed by atoms with Crippen molar-refractivity contribution < 1.29 is 24.3 Å². The minimum atomic E-state index is 0.659. The first-order valence-corrected chi connectivity index (χ1v) is 9.20. The molecule has 2 heterocycles. The molecule has 5 nitrogen and oxygen atoms in total. The third-order valence-corrected chi connectivity index (χ3v) is 4.89. The highest BCUT2D eigenvalue weighted by Gasteiger charge is 2.23. The van der Waals surface area contributed by atoms with Gasteiger partial charge in [-0.25, -0.2) is 4.98 Å². The summed E-state index contributed by atoms with van der Waals surface area (Å²) < 4.78 is 11.1. The van der Waals surface area contributed by atoms with Gasteiger partial charge in [0, 0.05) is 23.3 Å². The minimum Gasteiger partial charge on any atom is -0.493 e. The fourth-order valence-electron chi connectivity index (χ4n) is 3.53. The van der Waals surface area contributed by atoms with E-state index < -0.39 is 0 Å². The van der Waals surface area contributed by atoms with Crippen LogP contribution in [0.25, 0.3) is 0 Å². The molecule has 3 rings (SSSR count). The van der Waals surface area contributed by atoms with Gasteiger partial charge in [0.15, 0.2) is 23.9 Å². The second-order valence-corrected chi connectivity index (χ2v) is 6.68. The largest absolute Gasteiger partial charge is 0.493 e. The van der Waals surface area contributed by atoms with E-state index in [1.807, 2.05) is 25.4 Å². The van der Waals surface area contributed by atoms with Gasteiger partial charge >= 0.3 is 0 Å². The number of ether oxygens (including phenoxy) is 2. The molecule has 0 saturated carbocycles. The zero-order valence-corrected chi connectivity index (χ0v) is 15.3. The van der Waals surface area contributed by atoms with E-state index in [0.717, 1.165) is 24.6 Å². The predicted molar refractivity (Wildman–Crippen MR) is 96.0 cm³/mol. The average molecular weight is 344 g/mol. The third-order valence-electron chi connectivity index (χ3n) is 4.89. The van der Waals surface area contributed by atoms with Crippen LogP contribution >= 0.6 is 0 Å². The summed E-state index contributed by atoms with van der Waals surface area (Å²) in [6.07, 6.45) is 4.02. The number of aromatic amines is 1. The highest BCUT2D eigenvalue weighted by molar-refractivity contribution is 5.42. The van der Waals surface area contributed by atoms with E-state index in [1.54, 1.807) is 16.9 Å². The highest BCUT2D eigenvalue weighted by Crippen LogP contribution is 2.27. The Bertz CT molecular complexity index is 655. The first-order chi connectivity index (χ1) is 12.3. The van der Waals surface area contributed by atoms with Crippen LogP contribution in [0.15, 0.2) is 42.7 Å². The lowest BCUT2D eigenvalue weighted by Gasteiger charge is -2.29. The number of hydrogen-bond acceptors (Lipinski definition) is 2. The third kappa shape index (κ3) is 4.94. The zero-order valence-electron chi connectivity index (χ0n) is 15.3. The molecule has 0 aliphatic carbocycles. The quantitative estimate of drug-likeness (QED) is 0.704. The van der Waals surface area contributed by atoms with Crippen molar-refractivity contribution in [1.82, 2.24) is 0 Å². The number of H-pyrrole nitrogens is 1. The van der Waals surface area contributed by atoms with Crippen LogP contribution in [0.5, 0.6) is 11.5 Å². The van der Waals surface area contributed by atoms with E-state index in [0.29, 0.717) is 6.61 Å². The monoisotopic (exact) mass is 344 g/mol. The number of piperazine rings is 1. The smallest absolute Gasteiger partial charge is 0.167 e. The summed E-state index contributed by atoms with van der Waals surface area (Å²) in [6, 6.07) is 10.7. The molecule has 1 aromatic carbocycles. The Kier molecular flexibility index (Phi) is 6.25. The van der Waals surface area contributed by atoms with Gasteiger partial charge in [0.25, 0.3) is 0 Å². The number of pyridine rings is 1. The predicted octanol–water partition coefficient (Wildman–Crippen LogP) is -0.608. The molecular weight excluding hydrogens is 314 g/mol. The Morgan fingerprint density at radius 2 is 1.52 bits per heavy atom. The van der Waals surface area contributed by atoms with Crippen LogP contribution in [0.4, 0.5) is 0 Å². The van der Waals surface area contributed by atoms with Gasteiger partial charge in [-0.05, 0) is 25.1 Å². The number of rotatable bonds is 7. The van der Waals surface area contributed by atoms with Crippen LogP contribution in [0.2, 0.25) is 0 Å². The van der Waals surface area contributed by atoms with Crippen molar-refractivity contribution in [2.24, 2.45) is 0 Å². The highest BCUT2D eigenvalue weighted by atomic mass is 16.5. The van der Waals surface area contributed by atoms with E-state index >= 15 is 0 Å². The molecule has 0 atom stereocenters. The van der Waals surface area contributed by atoms with E-state index in [9.17, 15) is 0 Å². The van der Waals surface area contributed by atoms with Gasteiger partial charge in [-0.2, -0.15) is 0 Å². The molecule has 25 heavy (non-hydrogen) atoms. The van der Waals surface area contributed by atoms with Gasteiger partial charge < -0.3 is 19.3 Å². The summed E-state index contributed by atoms with van der Waals surface area (Å²) in [5.41, 5.74) is 2.73. The molecule has 0 bridgehead atoms. The molecule has 2 aromatic rings. The summed E-state index contributed by atoms with van der Waals surface area (Å²) in [4.78, 5) is 6.42. The second-order valence-electron chi connectivity index (χ2n) is 6.68. The van der Waals surface area contributed by atoms with E-state index in [4.69, 9.17) is 9.47 Å². The van der Waals surface area contributed by atoms with Crippen molar-refractivity contribution in [2.45, 2.75) is 20.0 Å². The molecule has 1 fully saturated rings. The molecule has 1 saturated heterocycles. The molecule has 3 N–H and O–H groups in total. The van der Waals surface area contributed by atoms with E-state index in [1.165, 1.54) is 37.3 Å². The summed E-state index contributed by atoms with van der Waals surface area (Å²) in [6.45, 7) is 9.71. The van der Waals surface area contributed by atoms with Gasteiger partial charge in [-0.1, -0.05) is 0 Å². The van der Waals surface area contributed by atoms with Crippen molar-refractivity contribution in [3.63, 3.8) is 0 Å². The minimum absolute atomic E-state index is 0.659. The van der Waals surface area contributed by atoms with Crippen LogP contribution < -0.4 is 24.3 Å². The Labute approximate surface area is 150 Å². The molecule has 0 amide bonds. The van der Waals surface area contributed by atoms with E-state index in [2.05, 4.69) is 29.2 Å². The van der Waals surface area contributed by atoms with Crippen LogP contribution in [0, 0.1) is 0 Å². The Morgan fingerprint density at radius 1 is 0.880 bits per heavy atom. The maximum Gasteiger partial charge on any atom is 0.167 e. The van der Waals surface area contributed by atoms with Crippen molar-refractivity contribution >= 4 is 0 Å². The molecule has 0 radical (unpaired) electrons. The van der Waals surface area contributed by atoms with Crippen LogP contribution in [-0.2, 0) is 13.1 Å². The van der Waals surface area contributed by atoms with Crippen LogP contribution in [0.1, 0.15) is 18.1 Å². The number of benzene rings is 1. The molecular formula is C20H30N3O2+3. The molecule has 1 aliphatic rings. The van der Waals surface area contributed by atoms with Crippen molar-refractivity contribution in [1.29, 1.82) is 0 Å². The summed E-state index contributed by atoms with van der Waals surface area (Å²) >= 11 is 0. The van der Waals surface area contributed by atoms with Gasteiger partial charge in [0.05, 0.1) is 13.7 Å². The number of aromatic nitrogens is 1. The standard InChI is InChI=1S/C20H27N3O2/c1-3-25-20-14-18(4-5-19(20)24-2)16-23-12-10-22(11-13-23)15-17-6-8-21-9-7-17/h4-9,14H,3,10-13,15-16H2,1-2H3/p+3. The van der Waals surface area contributed by atoms with E-state index in [-0.39, 0.29) is 0 Å². The molecule has 0 unspecified atom stereocenters. The Morgan fingerprint density at radius 3 is 2.12 bits per heavy atom. The number of hydrogen-bond donors (Lipinski definition) is 2.